The van der Waals surface area contributed by atoms with Gasteiger partial charge in [0.2, 0.25) is 0 Å². The van der Waals surface area contributed by atoms with Crippen LogP contribution < -0.4 is 0 Å². The van der Waals surface area contributed by atoms with E-state index in [0.717, 1.165) is 21.8 Å². The largest absolute Gasteiger partial charge is 0.392 e. The van der Waals surface area contributed by atoms with E-state index in [2.05, 4.69) is 9.97 Å². The molecule has 0 aliphatic rings. The Morgan fingerprint density at radius 2 is 2.28 bits per heavy atom. The number of pyridine rings is 1. The minimum atomic E-state index is 0.0409. The Bertz CT molecular complexity index is 645. The average Bonchev–Trinajstić information content (AvgIpc) is 3.08. The smallest absolute Gasteiger partial charge is 0.106 e. The molecule has 1 N–H and O–H groups in total. The third-order valence-electron chi connectivity index (χ3n) is 2.67. The van der Waals surface area contributed by atoms with E-state index in [-0.39, 0.29) is 6.61 Å². The number of aromatic nitrogens is 3. The Morgan fingerprint density at radius 3 is 3.06 bits per heavy atom. The predicted octanol–water partition coefficient (Wildman–Crippen LogP) is 2.49. The lowest BCUT2D eigenvalue weighted by Crippen LogP contribution is -1.91. The maximum absolute atomic E-state index is 9.26. The van der Waals surface area contributed by atoms with Crippen molar-refractivity contribution in [3.05, 3.63) is 54.1 Å². The third-order valence-corrected chi connectivity index (χ3v) is 3.64. The van der Waals surface area contributed by atoms with Crippen molar-refractivity contribution in [1.29, 1.82) is 0 Å². The van der Waals surface area contributed by atoms with E-state index in [4.69, 9.17) is 0 Å². The van der Waals surface area contributed by atoms with Crippen molar-refractivity contribution in [3.8, 4) is 16.3 Å². The van der Waals surface area contributed by atoms with Gasteiger partial charge in [0.05, 0.1) is 12.3 Å². The summed E-state index contributed by atoms with van der Waals surface area (Å²) in [5, 5.41) is 12.2. The first-order valence-electron chi connectivity index (χ1n) is 5.50. The van der Waals surface area contributed by atoms with E-state index in [0.29, 0.717) is 0 Å². The third kappa shape index (κ3) is 1.94. The van der Waals surface area contributed by atoms with Crippen LogP contribution in [-0.4, -0.2) is 19.6 Å². The molecule has 0 aromatic carbocycles. The molecule has 0 atom stereocenters. The highest BCUT2D eigenvalue weighted by Crippen LogP contribution is 2.24. The lowest BCUT2D eigenvalue weighted by Gasteiger charge is -2.00. The van der Waals surface area contributed by atoms with Crippen molar-refractivity contribution in [3.63, 3.8) is 0 Å². The number of thiophene rings is 1. The summed E-state index contributed by atoms with van der Waals surface area (Å²) in [6.07, 6.45) is 7.23. The summed E-state index contributed by atoms with van der Waals surface area (Å²) >= 11 is 1.58. The summed E-state index contributed by atoms with van der Waals surface area (Å²) in [5.74, 6) is 0. The summed E-state index contributed by atoms with van der Waals surface area (Å²) in [4.78, 5) is 8.45. The number of hydrogen-bond donors (Lipinski definition) is 1. The summed E-state index contributed by atoms with van der Waals surface area (Å²) in [7, 11) is 0. The van der Waals surface area contributed by atoms with Crippen LogP contribution in [-0.2, 0) is 6.61 Å². The molecule has 0 aliphatic heterocycles. The topological polar surface area (TPSA) is 50.9 Å². The van der Waals surface area contributed by atoms with E-state index in [1.807, 2.05) is 34.3 Å². The number of aliphatic hydroxyl groups is 1. The number of aliphatic hydroxyl groups excluding tert-OH is 1. The molecular weight excluding hydrogens is 246 g/mol. The number of nitrogens with zero attached hydrogens (tertiary/aromatic N) is 3. The fourth-order valence-corrected chi connectivity index (χ4v) is 2.64. The van der Waals surface area contributed by atoms with Crippen LogP contribution in [0.2, 0.25) is 0 Å². The van der Waals surface area contributed by atoms with Crippen LogP contribution in [0.4, 0.5) is 0 Å². The van der Waals surface area contributed by atoms with Crippen molar-refractivity contribution < 1.29 is 5.11 Å². The molecule has 0 radical (unpaired) electrons. The predicted molar refractivity (Wildman–Crippen MR) is 70.6 cm³/mol. The first kappa shape index (κ1) is 11.1. The van der Waals surface area contributed by atoms with Gasteiger partial charge in [0.15, 0.2) is 0 Å². The molecule has 0 spiro atoms. The van der Waals surface area contributed by atoms with E-state index in [1.54, 1.807) is 30.1 Å². The second-order valence-corrected chi connectivity index (χ2v) is 4.71. The zero-order valence-corrected chi connectivity index (χ0v) is 10.3. The molecule has 18 heavy (non-hydrogen) atoms. The Kier molecular flexibility index (Phi) is 2.92. The van der Waals surface area contributed by atoms with Crippen molar-refractivity contribution in [2.24, 2.45) is 0 Å². The fourth-order valence-electron chi connectivity index (χ4n) is 1.77. The zero-order chi connectivity index (χ0) is 12.4. The van der Waals surface area contributed by atoms with Crippen LogP contribution >= 0.6 is 11.3 Å². The van der Waals surface area contributed by atoms with Crippen molar-refractivity contribution in [1.82, 2.24) is 14.5 Å². The molecule has 3 heterocycles. The average molecular weight is 257 g/mol. The zero-order valence-electron chi connectivity index (χ0n) is 9.52. The molecule has 0 unspecified atom stereocenters. The summed E-state index contributed by atoms with van der Waals surface area (Å²) in [6.45, 7) is 0.0409. The first-order chi connectivity index (χ1) is 8.88. The second-order valence-electron chi connectivity index (χ2n) is 3.82. The Hall–Kier alpha value is -1.98. The Labute approximate surface area is 108 Å². The molecule has 0 amide bonds. The highest BCUT2D eigenvalue weighted by atomic mass is 32.1. The van der Waals surface area contributed by atoms with Crippen LogP contribution in [0.25, 0.3) is 16.3 Å². The maximum atomic E-state index is 9.26. The minimum absolute atomic E-state index is 0.0409. The van der Waals surface area contributed by atoms with Gasteiger partial charge in [-0.25, -0.2) is 4.98 Å². The Morgan fingerprint density at radius 1 is 1.33 bits per heavy atom. The number of hydrogen-bond acceptors (Lipinski definition) is 4. The standard InChI is InChI=1S/C13H11N3OS/c17-8-11-3-5-18-13(11)16-7-12(15-9-16)10-2-1-4-14-6-10/h1-7,9,17H,8H2. The van der Waals surface area contributed by atoms with Gasteiger partial charge in [-0.1, -0.05) is 0 Å². The van der Waals surface area contributed by atoms with Gasteiger partial charge in [0, 0.05) is 29.7 Å². The number of rotatable bonds is 3. The van der Waals surface area contributed by atoms with Crippen molar-refractivity contribution in [2.45, 2.75) is 6.61 Å². The van der Waals surface area contributed by atoms with Crippen LogP contribution in [0.1, 0.15) is 5.56 Å². The summed E-state index contributed by atoms with van der Waals surface area (Å²) in [5.41, 5.74) is 2.77. The van der Waals surface area contributed by atoms with E-state index < -0.39 is 0 Å². The molecule has 0 saturated heterocycles. The van der Waals surface area contributed by atoms with Gasteiger partial charge in [0.1, 0.15) is 11.3 Å². The molecule has 4 nitrogen and oxygen atoms in total. The molecule has 5 heteroatoms. The van der Waals surface area contributed by atoms with Crippen molar-refractivity contribution >= 4 is 11.3 Å². The van der Waals surface area contributed by atoms with Crippen LogP contribution in [0.5, 0.6) is 0 Å². The van der Waals surface area contributed by atoms with Gasteiger partial charge in [-0.05, 0) is 23.6 Å². The highest BCUT2D eigenvalue weighted by Gasteiger charge is 2.08. The van der Waals surface area contributed by atoms with Gasteiger partial charge in [-0.15, -0.1) is 11.3 Å². The normalized spacial score (nSPS) is 10.7. The lowest BCUT2D eigenvalue weighted by molar-refractivity contribution is 0.282. The molecule has 3 aromatic rings. The van der Waals surface area contributed by atoms with E-state index in [1.165, 1.54) is 0 Å². The Balaban J connectivity index is 2.00. The van der Waals surface area contributed by atoms with Crippen LogP contribution in [0.3, 0.4) is 0 Å². The van der Waals surface area contributed by atoms with Gasteiger partial charge in [-0.3, -0.25) is 9.55 Å². The molecule has 0 saturated carbocycles. The number of imidazole rings is 1. The van der Waals surface area contributed by atoms with Crippen molar-refractivity contribution in [2.75, 3.05) is 0 Å². The molecular formula is C13H11N3OS. The fraction of sp³-hybridized carbons (Fsp3) is 0.0769. The minimum Gasteiger partial charge on any atom is -0.392 e. The molecule has 90 valence electrons. The van der Waals surface area contributed by atoms with Gasteiger partial charge in [-0.2, -0.15) is 0 Å². The molecule has 3 rings (SSSR count). The molecule has 0 fully saturated rings. The molecule has 0 aliphatic carbocycles. The van der Waals surface area contributed by atoms with Gasteiger partial charge >= 0.3 is 0 Å². The monoisotopic (exact) mass is 257 g/mol. The van der Waals surface area contributed by atoms with Gasteiger partial charge < -0.3 is 5.11 Å². The van der Waals surface area contributed by atoms with Crippen LogP contribution in [0, 0.1) is 0 Å². The molecule has 0 bridgehead atoms. The van der Waals surface area contributed by atoms with Gasteiger partial charge in [0.25, 0.3) is 0 Å². The highest BCUT2D eigenvalue weighted by molar-refractivity contribution is 7.12. The van der Waals surface area contributed by atoms with E-state index >= 15 is 0 Å². The second kappa shape index (κ2) is 4.72. The SMILES string of the molecule is OCc1ccsc1-n1cnc(-c2cccnc2)c1. The summed E-state index contributed by atoms with van der Waals surface area (Å²) < 4.78 is 1.93. The summed E-state index contributed by atoms with van der Waals surface area (Å²) in [6, 6.07) is 5.78. The maximum Gasteiger partial charge on any atom is 0.106 e. The quantitative estimate of drug-likeness (QED) is 0.784. The lowest BCUT2D eigenvalue weighted by atomic mass is 10.2. The molecule has 3 aromatic heterocycles. The van der Waals surface area contributed by atoms with E-state index in [9.17, 15) is 5.11 Å². The van der Waals surface area contributed by atoms with Crippen LogP contribution in [0.15, 0.2) is 48.5 Å². The first-order valence-corrected chi connectivity index (χ1v) is 6.38.